The summed E-state index contributed by atoms with van der Waals surface area (Å²) in [6.07, 6.45) is 1.12. The molecule has 4 heteroatoms. The van der Waals surface area contributed by atoms with Crippen LogP contribution in [0.4, 0.5) is 5.69 Å². The number of rotatable bonds is 3. The molecule has 0 aliphatic heterocycles. The largest absolute Gasteiger partial charge is 0.506 e. The fourth-order valence-corrected chi connectivity index (χ4v) is 1.05. The maximum Gasteiger partial charge on any atom is 0.138 e. The molecule has 1 rings (SSSR count). The van der Waals surface area contributed by atoms with Gasteiger partial charge < -0.3 is 21.4 Å². The molecule has 0 spiro atoms. The Kier molecular flexibility index (Phi) is 2.87. The Morgan fingerprint density at radius 2 is 2.23 bits per heavy atom. The number of nitrogen functional groups attached to an aromatic ring is 1. The van der Waals surface area contributed by atoms with Crippen molar-refractivity contribution in [2.75, 3.05) is 5.73 Å². The number of hydrogen-bond acceptors (Lipinski definition) is 4. The number of carbonyl (C=O) groups excluding carboxylic acids is 1. The summed E-state index contributed by atoms with van der Waals surface area (Å²) in [5.74, 6) is 0.0448. The molecule has 0 saturated heterocycles. The van der Waals surface area contributed by atoms with Gasteiger partial charge in [0.1, 0.15) is 12.0 Å². The molecule has 4 nitrogen and oxygen atoms in total. The zero-order valence-electron chi connectivity index (χ0n) is 7.10. The molecule has 0 aromatic heterocycles. The van der Waals surface area contributed by atoms with E-state index in [1.165, 1.54) is 6.07 Å². The molecule has 1 aromatic carbocycles. The fourth-order valence-electron chi connectivity index (χ4n) is 1.05. The maximum atomic E-state index is 10.3. The molecule has 0 fully saturated rings. The molecule has 0 aliphatic carbocycles. The standard InChI is InChI=1S/C9H12N2O2/c10-7(5-12)3-6-1-2-9(13)8(11)4-6/h1-2,4-5,7,13H,3,10-11H2/t7-/m0/s1. The number of aromatic hydroxyl groups is 1. The molecule has 0 aliphatic rings. The highest BCUT2D eigenvalue weighted by atomic mass is 16.3. The van der Waals surface area contributed by atoms with E-state index >= 15 is 0 Å². The highest BCUT2D eigenvalue weighted by Gasteiger charge is 2.03. The van der Waals surface area contributed by atoms with E-state index in [-0.39, 0.29) is 5.75 Å². The predicted octanol–water partition coefficient (Wildman–Crippen LogP) is 0.0431. The van der Waals surface area contributed by atoms with E-state index in [0.717, 1.165) is 5.56 Å². The summed E-state index contributed by atoms with van der Waals surface area (Å²) in [6, 6.07) is 4.28. The van der Waals surface area contributed by atoms with Crippen molar-refractivity contribution in [1.29, 1.82) is 0 Å². The summed E-state index contributed by atoms with van der Waals surface area (Å²) < 4.78 is 0. The van der Waals surface area contributed by atoms with Gasteiger partial charge in [-0.2, -0.15) is 0 Å². The van der Waals surface area contributed by atoms with Crippen LogP contribution in [0.2, 0.25) is 0 Å². The normalized spacial score (nSPS) is 12.4. The molecule has 0 amide bonds. The zero-order chi connectivity index (χ0) is 9.84. The van der Waals surface area contributed by atoms with E-state index in [4.69, 9.17) is 16.6 Å². The Morgan fingerprint density at radius 3 is 2.77 bits per heavy atom. The Morgan fingerprint density at radius 1 is 1.54 bits per heavy atom. The molecule has 0 bridgehead atoms. The number of phenolic OH excluding ortho intramolecular Hbond substituents is 1. The van der Waals surface area contributed by atoms with Gasteiger partial charge in [-0.15, -0.1) is 0 Å². The average Bonchev–Trinajstić information content (AvgIpc) is 2.11. The molecule has 13 heavy (non-hydrogen) atoms. The second kappa shape index (κ2) is 3.91. The second-order valence-electron chi connectivity index (χ2n) is 2.90. The number of phenols is 1. The first-order valence-corrected chi connectivity index (χ1v) is 3.91. The molecule has 0 unspecified atom stereocenters. The van der Waals surface area contributed by atoms with Crippen LogP contribution in [0.5, 0.6) is 5.75 Å². The number of aldehydes is 1. The van der Waals surface area contributed by atoms with Gasteiger partial charge in [-0.25, -0.2) is 0 Å². The van der Waals surface area contributed by atoms with Gasteiger partial charge in [-0.05, 0) is 24.1 Å². The topological polar surface area (TPSA) is 89.3 Å². The first kappa shape index (κ1) is 9.54. The van der Waals surface area contributed by atoms with Gasteiger partial charge in [0.05, 0.1) is 11.7 Å². The smallest absolute Gasteiger partial charge is 0.138 e. The predicted molar refractivity (Wildman–Crippen MR) is 50.3 cm³/mol. The van der Waals surface area contributed by atoms with E-state index in [1.807, 2.05) is 0 Å². The van der Waals surface area contributed by atoms with Crippen molar-refractivity contribution in [3.8, 4) is 5.75 Å². The Balaban J connectivity index is 2.79. The minimum atomic E-state index is -0.510. The van der Waals surface area contributed by atoms with E-state index in [0.29, 0.717) is 18.4 Å². The Bertz CT molecular complexity index is 312. The quantitative estimate of drug-likeness (QED) is 0.348. The van der Waals surface area contributed by atoms with Crippen molar-refractivity contribution >= 4 is 12.0 Å². The Hall–Kier alpha value is -1.55. The van der Waals surface area contributed by atoms with Crippen LogP contribution in [-0.2, 0) is 11.2 Å². The summed E-state index contributed by atoms with van der Waals surface area (Å²) in [5.41, 5.74) is 12.0. The molecule has 5 N–H and O–H groups in total. The van der Waals surface area contributed by atoms with E-state index in [9.17, 15) is 4.79 Å². The first-order valence-electron chi connectivity index (χ1n) is 3.91. The third-order valence-corrected chi connectivity index (χ3v) is 1.74. The lowest BCUT2D eigenvalue weighted by Crippen LogP contribution is -2.24. The van der Waals surface area contributed by atoms with E-state index in [1.54, 1.807) is 12.1 Å². The van der Waals surface area contributed by atoms with Crippen LogP contribution in [0.25, 0.3) is 0 Å². The van der Waals surface area contributed by atoms with Gasteiger partial charge in [-0.1, -0.05) is 6.07 Å². The van der Waals surface area contributed by atoms with Crippen molar-refractivity contribution in [1.82, 2.24) is 0 Å². The van der Waals surface area contributed by atoms with Crippen molar-refractivity contribution in [2.24, 2.45) is 5.73 Å². The van der Waals surface area contributed by atoms with Crippen LogP contribution in [0.15, 0.2) is 18.2 Å². The lowest BCUT2D eigenvalue weighted by Gasteiger charge is -2.05. The zero-order valence-corrected chi connectivity index (χ0v) is 7.10. The highest BCUT2D eigenvalue weighted by Crippen LogP contribution is 2.20. The van der Waals surface area contributed by atoms with E-state index < -0.39 is 6.04 Å². The van der Waals surface area contributed by atoms with Crippen LogP contribution < -0.4 is 11.5 Å². The van der Waals surface area contributed by atoms with E-state index in [2.05, 4.69) is 0 Å². The second-order valence-corrected chi connectivity index (χ2v) is 2.90. The minimum absolute atomic E-state index is 0.0448. The van der Waals surface area contributed by atoms with Crippen LogP contribution in [0, 0.1) is 0 Å². The summed E-state index contributed by atoms with van der Waals surface area (Å²) in [4.78, 5) is 10.3. The Labute approximate surface area is 76.2 Å². The molecule has 70 valence electrons. The lowest BCUT2D eigenvalue weighted by molar-refractivity contribution is -0.108. The molecule has 0 radical (unpaired) electrons. The van der Waals surface area contributed by atoms with Gasteiger partial charge in [0, 0.05) is 0 Å². The van der Waals surface area contributed by atoms with Crippen molar-refractivity contribution in [3.05, 3.63) is 23.8 Å². The number of carbonyl (C=O) groups is 1. The number of nitrogens with two attached hydrogens (primary N) is 2. The summed E-state index contributed by atoms with van der Waals surface area (Å²) in [5, 5.41) is 9.11. The monoisotopic (exact) mass is 180 g/mol. The lowest BCUT2D eigenvalue weighted by atomic mass is 10.1. The van der Waals surface area contributed by atoms with Gasteiger partial charge in [0.2, 0.25) is 0 Å². The first-order chi connectivity index (χ1) is 6.13. The van der Waals surface area contributed by atoms with Crippen LogP contribution >= 0.6 is 0 Å². The van der Waals surface area contributed by atoms with Gasteiger partial charge in [0.25, 0.3) is 0 Å². The average molecular weight is 180 g/mol. The van der Waals surface area contributed by atoms with Crippen molar-refractivity contribution in [2.45, 2.75) is 12.5 Å². The molecular formula is C9H12N2O2. The van der Waals surface area contributed by atoms with Gasteiger partial charge >= 0.3 is 0 Å². The highest BCUT2D eigenvalue weighted by molar-refractivity contribution is 5.59. The van der Waals surface area contributed by atoms with Crippen LogP contribution in [0.3, 0.4) is 0 Å². The molecule has 1 atom stereocenters. The fraction of sp³-hybridized carbons (Fsp3) is 0.222. The third-order valence-electron chi connectivity index (χ3n) is 1.74. The molecule has 0 saturated carbocycles. The summed E-state index contributed by atoms with van der Waals surface area (Å²) >= 11 is 0. The minimum Gasteiger partial charge on any atom is -0.506 e. The van der Waals surface area contributed by atoms with Gasteiger partial charge in [-0.3, -0.25) is 0 Å². The maximum absolute atomic E-state index is 10.3. The molecular weight excluding hydrogens is 168 g/mol. The SMILES string of the molecule is Nc1cc(C[C@H](N)C=O)ccc1O. The van der Waals surface area contributed by atoms with Crippen LogP contribution in [-0.4, -0.2) is 17.4 Å². The van der Waals surface area contributed by atoms with Crippen molar-refractivity contribution in [3.63, 3.8) is 0 Å². The number of hydrogen-bond donors (Lipinski definition) is 3. The van der Waals surface area contributed by atoms with Crippen LogP contribution in [0.1, 0.15) is 5.56 Å². The number of benzene rings is 1. The number of anilines is 1. The summed E-state index contributed by atoms with van der Waals surface area (Å²) in [6.45, 7) is 0. The molecule has 1 aromatic rings. The van der Waals surface area contributed by atoms with Crippen molar-refractivity contribution < 1.29 is 9.90 Å². The molecule has 0 heterocycles. The summed E-state index contributed by atoms with van der Waals surface area (Å²) in [7, 11) is 0. The third kappa shape index (κ3) is 2.45. The van der Waals surface area contributed by atoms with Gasteiger partial charge in [0.15, 0.2) is 0 Å².